The highest BCUT2D eigenvalue weighted by atomic mass is 16.5. The number of para-hydroxylation sites is 2. The van der Waals surface area contributed by atoms with Gasteiger partial charge in [-0.15, -0.1) is 0 Å². The molecule has 29 heavy (non-hydrogen) atoms. The second-order valence-corrected chi connectivity index (χ2v) is 6.75. The highest BCUT2D eigenvalue weighted by molar-refractivity contribution is 5.96. The predicted octanol–water partition coefficient (Wildman–Crippen LogP) is 2.89. The molecule has 2 aliphatic rings. The zero-order valence-electron chi connectivity index (χ0n) is 16.2. The van der Waals surface area contributed by atoms with Crippen LogP contribution in [0.15, 0.2) is 47.7 Å². The van der Waals surface area contributed by atoms with Crippen molar-refractivity contribution in [2.24, 2.45) is 0 Å². The van der Waals surface area contributed by atoms with Crippen molar-refractivity contribution in [2.45, 2.75) is 6.04 Å². The molecule has 148 valence electrons. The third-order valence-electron chi connectivity index (χ3n) is 5.29. The van der Waals surface area contributed by atoms with Gasteiger partial charge in [0, 0.05) is 0 Å². The van der Waals surface area contributed by atoms with E-state index < -0.39 is 6.04 Å². The lowest BCUT2D eigenvalue weighted by Crippen LogP contribution is -2.25. The number of hydrogen-bond donors (Lipinski definition) is 1. The number of carbonyl (C=O) groups is 1. The lowest BCUT2D eigenvalue weighted by Gasteiger charge is -2.28. The summed E-state index contributed by atoms with van der Waals surface area (Å²) in [6.45, 7) is 0.193. The molecule has 0 radical (unpaired) electrons. The van der Waals surface area contributed by atoms with E-state index in [1.165, 1.54) is 0 Å². The fourth-order valence-corrected chi connectivity index (χ4v) is 4.03. The molecule has 8 heteroatoms. The summed E-state index contributed by atoms with van der Waals surface area (Å²) in [5.74, 6) is 1.82. The van der Waals surface area contributed by atoms with Gasteiger partial charge < -0.3 is 24.3 Å². The Morgan fingerprint density at radius 2 is 1.83 bits per heavy atom. The van der Waals surface area contributed by atoms with Gasteiger partial charge in [-0.1, -0.05) is 12.1 Å². The maximum atomic E-state index is 12.7. The molecular formula is C21H19N3O5. The molecule has 0 fully saturated rings. The van der Waals surface area contributed by atoms with Crippen molar-refractivity contribution in [3.63, 3.8) is 0 Å². The minimum Gasteiger partial charge on any atom is -0.493 e. The number of hydrogen-bond acceptors (Lipinski definition) is 7. The Hall–Kier alpha value is -3.68. The van der Waals surface area contributed by atoms with Crippen LogP contribution in [0.25, 0.3) is 11.0 Å². The van der Waals surface area contributed by atoms with Gasteiger partial charge >= 0.3 is 5.97 Å². The second-order valence-electron chi connectivity index (χ2n) is 6.75. The molecule has 3 heterocycles. The first-order valence-corrected chi connectivity index (χ1v) is 9.10. The molecule has 5 rings (SSSR count). The number of aromatic nitrogens is 2. The zero-order chi connectivity index (χ0) is 20.1. The Morgan fingerprint density at radius 3 is 2.52 bits per heavy atom. The first kappa shape index (κ1) is 17.4. The van der Waals surface area contributed by atoms with E-state index in [4.69, 9.17) is 23.9 Å². The van der Waals surface area contributed by atoms with Crippen molar-refractivity contribution < 1.29 is 23.7 Å². The van der Waals surface area contributed by atoms with E-state index in [-0.39, 0.29) is 12.6 Å². The van der Waals surface area contributed by atoms with Crippen molar-refractivity contribution in [2.75, 3.05) is 33.3 Å². The number of methoxy groups -OCH3 is 3. The number of imidazole rings is 1. The van der Waals surface area contributed by atoms with Crippen LogP contribution in [0.2, 0.25) is 0 Å². The molecule has 0 spiro atoms. The maximum Gasteiger partial charge on any atom is 0.338 e. The molecule has 8 nitrogen and oxygen atoms in total. The Kier molecular flexibility index (Phi) is 3.87. The van der Waals surface area contributed by atoms with E-state index in [0.717, 1.165) is 22.3 Å². The number of ether oxygens (including phenoxy) is 4. The van der Waals surface area contributed by atoms with Crippen molar-refractivity contribution >= 4 is 23.0 Å². The summed E-state index contributed by atoms with van der Waals surface area (Å²) in [5.41, 5.74) is 3.81. The van der Waals surface area contributed by atoms with Crippen LogP contribution in [-0.4, -0.2) is 43.5 Å². The smallest absolute Gasteiger partial charge is 0.338 e. The number of rotatable bonds is 4. The Balaban J connectivity index is 1.80. The number of nitrogens with one attached hydrogen (secondary N) is 1. The number of cyclic esters (lactones) is 1. The van der Waals surface area contributed by atoms with E-state index in [1.54, 1.807) is 21.3 Å². The van der Waals surface area contributed by atoms with Gasteiger partial charge in [-0.25, -0.2) is 9.78 Å². The summed E-state index contributed by atoms with van der Waals surface area (Å²) < 4.78 is 23.8. The van der Waals surface area contributed by atoms with E-state index in [1.807, 2.05) is 41.0 Å². The zero-order valence-corrected chi connectivity index (χ0v) is 16.2. The van der Waals surface area contributed by atoms with Crippen molar-refractivity contribution in [1.82, 2.24) is 9.55 Å². The summed E-state index contributed by atoms with van der Waals surface area (Å²) in [7, 11) is 4.69. The van der Waals surface area contributed by atoms with Crippen LogP contribution in [0.5, 0.6) is 17.2 Å². The van der Waals surface area contributed by atoms with Gasteiger partial charge in [-0.05, 0) is 29.8 Å². The molecular weight excluding hydrogens is 374 g/mol. The second kappa shape index (κ2) is 6.44. The molecule has 2 aromatic carbocycles. The fraction of sp³-hybridized carbons (Fsp3) is 0.238. The van der Waals surface area contributed by atoms with Gasteiger partial charge in [-0.2, -0.15) is 0 Å². The van der Waals surface area contributed by atoms with E-state index in [0.29, 0.717) is 28.8 Å². The van der Waals surface area contributed by atoms with Crippen LogP contribution in [0, 0.1) is 0 Å². The van der Waals surface area contributed by atoms with E-state index in [2.05, 4.69) is 5.32 Å². The number of esters is 1. The molecule has 1 atom stereocenters. The summed E-state index contributed by atoms with van der Waals surface area (Å²) in [4.78, 5) is 17.3. The van der Waals surface area contributed by atoms with Gasteiger partial charge in [0.05, 0.1) is 49.7 Å². The SMILES string of the molecule is COc1cc(C2C3=C(COC3=O)Nc3nc4ccccc4n32)cc(OC)c1OC. The lowest BCUT2D eigenvalue weighted by molar-refractivity contribution is -0.136. The van der Waals surface area contributed by atoms with Crippen LogP contribution in [0.4, 0.5) is 5.95 Å². The molecule has 1 aromatic heterocycles. The number of carbonyl (C=O) groups excluding carboxylic acids is 1. The summed E-state index contributed by atoms with van der Waals surface area (Å²) in [5, 5.41) is 3.26. The van der Waals surface area contributed by atoms with Gasteiger partial charge in [0.25, 0.3) is 0 Å². The normalized spacial score (nSPS) is 17.5. The Labute approximate surface area is 166 Å². The third kappa shape index (κ3) is 2.45. The monoisotopic (exact) mass is 393 g/mol. The van der Waals surface area contributed by atoms with Gasteiger partial charge in [0.2, 0.25) is 11.7 Å². The fourth-order valence-electron chi connectivity index (χ4n) is 4.03. The highest BCUT2D eigenvalue weighted by Gasteiger charge is 2.40. The number of benzene rings is 2. The lowest BCUT2D eigenvalue weighted by atomic mass is 9.95. The van der Waals surface area contributed by atoms with Crippen LogP contribution in [-0.2, 0) is 9.53 Å². The summed E-state index contributed by atoms with van der Waals surface area (Å²) in [6, 6.07) is 11.1. The molecule has 1 N–H and O–H groups in total. The first-order chi connectivity index (χ1) is 14.2. The molecule has 0 amide bonds. The molecule has 0 bridgehead atoms. The molecule has 0 saturated carbocycles. The molecule has 0 saturated heterocycles. The van der Waals surface area contributed by atoms with Crippen molar-refractivity contribution in [1.29, 1.82) is 0 Å². The van der Waals surface area contributed by atoms with Crippen LogP contribution in [0.1, 0.15) is 11.6 Å². The van der Waals surface area contributed by atoms with Crippen LogP contribution >= 0.6 is 0 Å². The van der Waals surface area contributed by atoms with E-state index in [9.17, 15) is 4.79 Å². The number of anilines is 1. The minimum atomic E-state index is -0.447. The van der Waals surface area contributed by atoms with Crippen LogP contribution in [0.3, 0.4) is 0 Å². The highest BCUT2D eigenvalue weighted by Crippen LogP contribution is 2.46. The van der Waals surface area contributed by atoms with Gasteiger partial charge in [0.15, 0.2) is 11.5 Å². The molecule has 0 aliphatic carbocycles. The van der Waals surface area contributed by atoms with Crippen LogP contribution < -0.4 is 19.5 Å². The van der Waals surface area contributed by atoms with Crippen molar-refractivity contribution in [3.8, 4) is 17.2 Å². The molecule has 3 aromatic rings. The van der Waals surface area contributed by atoms with Gasteiger partial charge in [-0.3, -0.25) is 4.57 Å². The Bertz CT molecular complexity index is 1160. The Morgan fingerprint density at radius 1 is 1.10 bits per heavy atom. The topological polar surface area (TPSA) is 83.8 Å². The quantitative estimate of drug-likeness (QED) is 0.683. The summed E-state index contributed by atoms with van der Waals surface area (Å²) >= 11 is 0. The molecule has 2 aliphatic heterocycles. The predicted molar refractivity (Wildman–Crippen MR) is 106 cm³/mol. The largest absolute Gasteiger partial charge is 0.493 e. The third-order valence-corrected chi connectivity index (χ3v) is 5.29. The molecule has 1 unspecified atom stereocenters. The average molecular weight is 393 g/mol. The summed E-state index contributed by atoms with van der Waals surface area (Å²) in [6.07, 6.45) is 0. The standard InChI is InChI=1S/C21H19N3O5/c1-26-15-8-11(9-16(27-2)19(15)28-3)18-17-13(10-29-20(17)25)23-21-22-12-6-4-5-7-14(12)24(18)21/h4-9,18H,10H2,1-3H3,(H,22,23). The van der Waals surface area contributed by atoms with Crippen molar-refractivity contribution in [3.05, 3.63) is 53.2 Å². The minimum absolute atomic E-state index is 0.193. The number of fused-ring (bicyclic) bond motifs is 3. The van der Waals surface area contributed by atoms with E-state index >= 15 is 0 Å². The maximum absolute atomic E-state index is 12.7. The average Bonchev–Trinajstić information content (AvgIpc) is 3.31. The number of nitrogens with zero attached hydrogens (tertiary/aromatic N) is 2. The first-order valence-electron chi connectivity index (χ1n) is 9.10. The van der Waals surface area contributed by atoms with Gasteiger partial charge in [0.1, 0.15) is 6.61 Å².